The van der Waals surface area contributed by atoms with Crippen LogP contribution in [-0.4, -0.2) is 35.5 Å². The monoisotopic (exact) mass is 222 g/mol. The third-order valence-corrected chi connectivity index (χ3v) is 2.54. The molecule has 0 aliphatic carbocycles. The summed E-state index contributed by atoms with van der Waals surface area (Å²) in [5.74, 6) is -0.114. The number of likely N-dealkylation sites (N-methyl/N-ethyl adjacent to an activating group) is 1. The molecule has 88 valence electrons. The summed E-state index contributed by atoms with van der Waals surface area (Å²) in [5.41, 5.74) is 6.48. The first-order valence-electron chi connectivity index (χ1n) is 5.39. The van der Waals surface area contributed by atoms with Gasteiger partial charge in [-0.3, -0.25) is 4.79 Å². The van der Waals surface area contributed by atoms with Crippen LogP contribution in [0.4, 0.5) is 0 Å². The van der Waals surface area contributed by atoms with Gasteiger partial charge in [0.1, 0.15) is 5.75 Å². The molecule has 0 spiro atoms. The Bertz CT molecular complexity index is 377. The molecule has 0 aliphatic rings. The Kier molecular flexibility index (Phi) is 4.31. The molecule has 16 heavy (non-hydrogen) atoms. The van der Waals surface area contributed by atoms with Crippen LogP contribution in [0.3, 0.4) is 0 Å². The third-order valence-electron chi connectivity index (χ3n) is 2.54. The summed E-state index contributed by atoms with van der Waals surface area (Å²) in [6.07, 6.45) is 0. The van der Waals surface area contributed by atoms with Gasteiger partial charge in [-0.25, -0.2) is 0 Å². The van der Waals surface area contributed by atoms with Crippen molar-refractivity contribution in [2.75, 3.05) is 19.6 Å². The second kappa shape index (κ2) is 5.51. The van der Waals surface area contributed by atoms with Crippen molar-refractivity contribution in [3.8, 4) is 5.75 Å². The van der Waals surface area contributed by atoms with Crippen LogP contribution in [0.15, 0.2) is 18.2 Å². The molecule has 0 radical (unpaired) electrons. The number of nitrogens with two attached hydrogens (primary N) is 1. The average molecular weight is 222 g/mol. The number of para-hydroxylation sites is 1. The van der Waals surface area contributed by atoms with Crippen molar-refractivity contribution in [1.82, 2.24) is 4.90 Å². The molecule has 0 heterocycles. The Hall–Kier alpha value is -1.55. The average Bonchev–Trinajstić information content (AvgIpc) is 2.29. The molecule has 0 atom stereocenters. The minimum absolute atomic E-state index is 0.0583. The quantitative estimate of drug-likeness (QED) is 0.802. The number of phenolic OH excluding ortho intramolecular Hbond substituents is 1. The Labute approximate surface area is 95.7 Å². The number of aryl methyl sites for hydroxylation is 1. The third kappa shape index (κ3) is 2.52. The van der Waals surface area contributed by atoms with Crippen molar-refractivity contribution in [2.45, 2.75) is 13.8 Å². The number of benzene rings is 1. The van der Waals surface area contributed by atoms with E-state index in [2.05, 4.69) is 0 Å². The van der Waals surface area contributed by atoms with Crippen molar-refractivity contribution in [3.63, 3.8) is 0 Å². The molecule has 0 unspecified atom stereocenters. The summed E-state index contributed by atoms with van der Waals surface area (Å²) in [7, 11) is 0. The van der Waals surface area contributed by atoms with Gasteiger partial charge in [-0.05, 0) is 25.5 Å². The van der Waals surface area contributed by atoms with E-state index in [1.54, 1.807) is 30.0 Å². The van der Waals surface area contributed by atoms with Crippen molar-refractivity contribution in [3.05, 3.63) is 29.3 Å². The summed E-state index contributed by atoms with van der Waals surface area (Å²) < 4.78 is 0. The van der Waals surface area contributed by atoms with Gasteiger partial charge in [0.25, 0.3) is 5.91 Å². The number of nitrogens with zero attached hydrogens (tertiary/aromatic N) is 1. The van der Waals surface area contributed by atoms with E-state index >= 15 is 0 Å². The van der Waals surface area contributed by atoms with Gasteiger partial charge in [0, 0.05) is 19.6 Å². The van der Waals surface area contributed by atoms with Crippen LogP contribution in [0, 0.1) is 6.92 Å². The lowest BCUT2D eigenvalue weighted by molar-refractivity contribution is 0.0766. The van der Waals surface area contributed by atoms with Crippen LogP contribution in [0.5, 0.6) is 5.75 Å². The van der Waals surface area contributed by atoms with E-state index in [-0.39, 0.29) is 11.7 Å². The lowest BCUT2D eigenvalue weighted by atomic mass is 10.1. The fourth-order valence-corrected chi connectivity index (χ4v) is 1.56. The summed E-state index contributed by atoms with van der Waals surface area (Å²) in [4.78, 5) is 13.7. The maximum absolute atomic E-state index is 12.0. The van der Waals surface area contributed by atoms with Gasteiger partial charge in [0.15, 0.2) is 0 Å². The van der Waals surface area contributed by atoms with E-state index in [1.165, 1.54) is 0 Å². The second-order valence-electron chi connectivity index (χ2n) is 3.64. The molecule has 0 bridgehead atoms. The first kappa shape index (κ1) is 12.5. The normalized spacial score (nSPS) is 10.2. The fourth-order valence-electron chi connectivity index (χ4n) is 1.56. The number of carbonyl (C=O) groups excluding carboxylic acids is 1. The highest BCUT2D eigenvalue weighted by Gasteiger charge is 2.17. The van der Waals surface area contributed by atoms with Gasteiger partial charge >= 0.3 is 0 Å². The Morgan fingerprint density at radius 3 is 2.75 bits per heavy atom. The minimum Gasteiger partial charge on any atom is -0.507 e. The fraction of sp³-hybridized carbons (Fsp3) is 0.417. The lowest BCUT2D eigenvalue weighted by Gasteiger charge is -2.20. The van der Waals surface area contributed by atoms with Gasteiger partial charge < -0.3 is 15.7 Å². The molecule has 0 fully saturated rings. The van der Waals surface area contributed by atoms with Crippen LogP contribution in [0.25, 0.3) is 0 Å². The lowest BCUT2D eigenvalue weighted by Crippen LogP contribution is -2.35. The van der Waals surface area contributed by atoms with Crippen molar-refractivity contribution in [2.24, 2.45) is 5.73 Å². The molecule has 0 aromatic heterocycles. The highest BCUT2D eigenvalue weighted by Crippen LogP contribution is 2.22. The van der Waals surface area contributed by atoms with Crippen LogP contribution >= 0.6 is 0 Å². The van der Waals surface area contributed by atoms with E-state index < -0.39 is 0 Å². The predicted molar refractivity (Wildman–Crippen MR) is 63.5 cm³/mol. The topological polar surface area (TPSA) is 66.6 Å². The maximum Gasteiger partial charge on any atom is 0.257 e. The van der Waals surface area contributed by atoms with Crippen LogP contribution < -0.4 is 5.73 Å². The first-order chi connectivity index (χ1) is 7.61. The zero-order chi connectivity index (χ0) is 12.1. The first-order valence-corrected chi connectivity index (χ1v) is 5.39. The molecule has 4 heteroatoms. The molecule has 0 saturated carbocycles. The smallest absolute Gasteiger partial charge is 0.257 e. The number of rotatable bonds is 4. The zero-order valence-corrected chi connectivity index (χ0v) is 9.73. The Balaban J connectivity index is 2.99. The van der Waals surface area contributed by atoms with Gasteiger partial charge in [0.2, 0.25) is 0 Å². The number of aromatic hydroxyl groups is 1. The SMILES string of the molecule is CCN(CCN)C(=O)c1cccc(C)c1O. The number of amides is 1. The Morgan fingerprint density at radius 2 is 2.19 bits per heavy atom. The number of hydrogen-bond donors (Lipinski definition) is 2. The largest absolute Gasteiger partial charge is 0.507 e. The minimum atomic E-state index is -0.172. The molecule has 1 rings (SSSR count). The van der Waals surface area contributed by atoms with E-state index in [4.69, 9.17) is 5.73 Å². The van der Waals surface area contributed by atoms with Crippen LogP contribution in [-0.2, 0) is 0 Å². The molecule has 0 saturated heterocycles. The van der Waals surface area contributed by atoms with Gasteiger partial charge in [0.05, 0.1) is 5.56 Å². The standard InChI is InChI=1S/C12H18N2O2/c1-3-14(8-7-13)12(16)10-6-4-5-9(2)11(10)15/h4-6,15H,3,7-8,13H2,1-2H3. The molecule has 1 aromatic rings. The van der Waals surface area contributed by atoms with E-state index in [1.807, 2.05) is 6.92 Å². The van der Waals surface area contributed by atoms with Crippen LogP contribution in [0.2, 0.25) is 0 Å². The van der Waals surface area contributed by atoms with Crippen molar-refractivity contribution in [1.29, 1.82) is 0 Å². The van der Waals surface area contributed by atoms with Gasteiger partial charge in [-0.1, -0.05) is 12.1 Å². The maximum atomic E-state index is 12.0. The summed E-state index contributed by atoms with van der Waals surface area (Å²) >= 11 is 0. The number of hydrogen-bond acceptors (Lipinski definition) is 3. The van der Waals surface area contributed by atoms with E-state index in [9.17, 15) is 9.90 Å². The van der Waals surface area contributed by atoms with E-state index in [0.717, 1.165) is 0 Å². The molecule has 1 aromatic carbocycles. The predicted octanol–water partition coefficient (Wildman–Crippen LogP) is 1.12. The molecule has 3 N–H and O–H groups in total. The molecular weight excluding hydrogens is 204 g/mol. The zero-order valence-electron chi connectivity index (χ0n) is 9.73. The summed E-state index contributed by atoms with van der Waals surface area (Å²) in [5, 5.41) is 9.80. The highest BCUT2D eigenvalue weighted by atomic mass is 16.3. The second-order valence-corrected chi connectivity index (χ2v) is 3.64. The van der Waals surface area contributed by atoms with Gasteiger partial charge in [-0.2, -0.15) is 0 Å². The molecule has 1 amide bonds. The highest BCUT2D eigenvalue weighted by molar-refractivity contribution is 5.97. The van der Waals surface area contributed by atoms with Crippen molar-refractivity contribution < 1.29 is 9.90 Å². The molecule has 4 nitrogen and oxygen atoms in total. The van der Waals surface area contributed by atoms with E-state index in [0.29, 0.717) is 30.8 Å². The number of phenols is 1. The Morgan fingerprint density at radius 1 is 1.50 bits per heavy atom. The molecule has 0 aliphatic heterocycles. The van der Waals surface area contributed by atoms with Crippen LogP contribution in [0.1, 0.15) is 22.8 Å². The summed E-state index contributed by atoms with van der Waals surface area (Å²) in [6, 6.07) is 5.16. The summed E-state index contributed by atoms with van der Waals surface area (Å²) in [6.45, 7) is 5.17. The molecular formula is C12H18N2O2. The number of carbonyl (C=O) groups is 1. The van der Waals surface area contributed by atoms with Gasteiger partial charge in [-0.15, -0.1) is 0 Å². The van der Waals surface area contributed by atoms with Crippen molar-refractivity contribution >= 4 is 5.91 Å².